The fraction of sp³-hybridized carbons (Fsp3) is 0.500. The van der Waals surface area contributed by atoms with E-state index >= 15 is 0 Å². The molecule has 4 rings (SSSR count). The molecule has 2 aromatic rings. The highest BCUT2D eigenvalue weighted by Gasteiger charge is 2.53. The van der Waals surface area contributed by atoms with Crippen molar-refractivity contribution >= 4 is 30.5 Å². The summed E-state index contributed by atoms with van der Waals surface area (Å²) in [7, 11) is -2.51. The first-order chi connectivity index (χ1) is 13.7. The van der Waals surface area contributed by atoms with Crippen molar-refractivity contribution < 1.29 is 13.9 Å². The Morgan fingerprint density at radius 1 is 0.966 bits per heavy atom. The molecule has 3 atom stereocenters. The Hall–Kier alpha value is -1.11. The molecule has 0 aliphatic carbocycles. The van der Waals surface area contributed by atoms with Crippen molar-refractivity contribution in [2.75, 3.05) is 12.4 Å². The summed E-state index contributed by atoms with van der Waals surface area (Å²) in [5, 5.41) is 2.93. The van der Waals surface area contributed by atoms with Gasteiger partial charge in [0.25, 0.3) is 8.32 Å². The van der Waals surface area contributed by atoms with Crippen LogP contribution in [0.3, 0.4) is 0 Å². The largest absolute Gasteiger partial charge is 0.406 e. The number of fused-ring (bicyclic) bond motifs is 1. The summed E-state index contributed by atoms with van der Waals surface area (Å²) in [4.78, 5) is 0. The van der Waals surface area contributed by atoms with Gasteiger partial charge >= 0.3 is 0 Å². The molecule has 2 aliphatic heterocycles. The third kappa shape index (κ3) is 3.96. The third-order valence-corrected chi connectivity index (χ3v) is 12.3. The van der Waals surface area contributed by atoms with Gasteiger partial charge in [-0.05, 0) is 29.3 Å². The summed E-state index contributed by atoms with van der Waals surface area (Å²) < 4.78 is 19.4. The molecule has 0 spiro atoms. The molecule has 156 valence electrons. The second-order valence-corrected chi connectivity index (χ2v) is 15.1. The molecule has 2 heterocycles. The molecule has 0 N–H and O–H groups in total. The van der Waals surface area contributed by atoms with E-state index in [1.807, 2.05) is 25.6 Å². The molecule has 5 heteroatoms. The lowest BCUT2D eigenvalue weighted by molar-refractivity contribution is -0.146. The summed E-state index contributed by atoms with van der Waals surface area (Å²) in [6, 6.07) is 21.7. The van der Waals surface area contributed by atoms with E-state index in [1.54, 1.807) is 0 Å². The predicted octanol–water partition coefficient (Wildman–Crippen LogP) is 4.20. The third-order valence-electron chi connectivity index (χ3n) is 5.94. The van der Waals surface area contributed by atoms with Crippen molar-refractivity contribution in [3.63, 3.8) is 0 Å². The molecule has 3 nitrogen and oxygen atoms in total. The van der Waals surface area contributed by atoms with Crippen LogP contribution in [0.2, 0.25) is 5.04 Å². The highest BCUT2D eigenvalue weighted by atomic mass is 32.2. The van der Waals surface area contributed by atoms with E-state index in [0.717, 1.165) is 5.75 Å². The second kappa shape index (κ2) is 7.86. The van der Waals surface area contributed by atoms with Gasteiger partial charge in [0.1, 0.15) is 6.10 Å². The normalized spacial score (nSPS) is 26.4. The quantitative estimate of drug-likeness (QED) is 0.667. The number of hydrogen-bond acceptors (Lipinski definition) is 4. The van der Waals surface area contributed by atoms with Gasteiger partial charge in [-0.2, -0.15) is 11.8 Å². The van der Waals surface area contributed by atoms with Gasteiger partial charge < -0.3 is 13.9 Å². The molecule has 0 unspecified atom stereocenters. The summed E-state index contributed by atoms with van der Waals surface area (Å²) >= 11 is 1.92. The molecule has 0 saturated carbocycles. The monoisotopic (exact) mass is 428 g/mol. The lowest BCUT2D eigenvalue weighted by Gasteiger charge is -2.43. The van der Waals surface area contributed by atoms with Crippen molar-refractivity contribution in [1.29, 1.82) is 0 Å². The number of benzene rings is 2. The van der Waals surface area contributed by atoms with Crippen LogP contribution in [0.4, 0.5) is 0 Å². The Morgan fingerprint density at radius 2 is 1.52 bits per heavy atom. The fourth-order valence-corrected chi connectivity index (χ4v) is 10.7. The van der Waals surface area contributed by atoms with Crippen LogP contribution < -0.4 is 10.4 Å². The molecule has 0 amide bonds. The Labute approximate surface area is 180 Å². The minimum Gasteiger partial charge on any atom is -0.406 e. The summed E-state index contributed by atoms with van der Waals surface area (Å²) in [6.45, 7) is 11.7. The van der Waals surface area contributed by atoms with Gasteiger partial charge in [-0.3, -0.25) is 0 Å². The first kappa shape index (κ1) is 21.1. The van der Waals surface area contributed by atoms with Gasteiger partial charge in [-0.15, -0.1) is 0 Å². The van der Waals surface area contributed by atoms with Crippen LogP contribution in [-0.4, -0.2) is 43.9 Å². The summed E-state index contributed by atoms with van der Waals surface area (Å²) in [6.07, 6.45) is 0.274. The Kier molecular flexibility index (Phi) is 5.73. The van der Waals surface area contributed by atoms with E-state index < -0.39 is 14.1 Å². The number of hydrogen-bond donors (Lipinski definition) is 0. The minimum absolute atomic E-state index is 0.00924. The molecule has 2 fully saturated rings. The van der Waals surface area contributed by atoms with E-state index in [2.05, 4.69) is 81.4 Å². The molecule has 0 radical (unpaired) electrons. The standard InChI is InChI=1S/C24H32O3SSi/c1-23(2,3)29(18-12-8-6-9-13-18,19-14-10-7-11-15-19)25-16-21-22-20(17-28-21)26-24(4,5)27-22/h6-15,20-22H,16-17H2,1-5H3/t20-,21+,22-/m0/s1. The van der Waals surface area contributed by atoms with Crippen LogP contribution in [0.25, 0.3) is 0 Å². The van der Waals surface area contributed by atoms with Crippen LogP contribution in [0.5, 0.6) is 0 Å². The van der Waals surface area contributed by atoms with Crippen molar-refractivity contribution in [2.24, 2.45) is 0 Å². The van der Waals surface area contributed by atoms with Gasteiger partial charge in [-0.1, -0.05) is 81.4 Å². The highest BCUT2D eigenvalue weighted by Crippen LogP contribution is 2.43. The Bertz CT molecular complexity index is 780. The fourth-order valence-electron chi connectivity index (χ4n) is 4.73. The van der Waals surface area contributed by atoms with Crippen molar-refractivity contribution in [1.82, 2.24) is 0 Å². The summed E-state index contributed by atoms with van der Waals surface area (Å²) in [5.41, 5.74) is 0. The lowest BCUT2D eigenvalue weighted by atomic mass is 10.2. The first-order valence-electron chi connectivity index (χ1n) is 10.5. The molecule has 2 saturated heterocycles. The molecule has 29 heavy (non-hydrogen) atoms. The zero-order valence-electron chi connectivity index (χ0n) is 18.1. The van der Waals surface area contributed by atoms with E-state index in [4.69, 9.17) is 13.9 Å². The van der Waals surface area contributed by atoms with Crippen LogP contribution in [0, 0.1) is 0 Å². The molecule has 2 aromatic carbocycles. The molecule has 2 aliphatic rings. The van der Waals surface area contributed by atoms with Gasteiger partial charge in [0.05, 0.1) is 11.4 Å². The van der Waals surface area contributed by atoms with E-state index in [-0.39, 0.29) is 17.2 Å². The smallest absolute Gasteiger partial charge is 0.261 e. The van der Waals surface area contributed by atoms with E-state index in [9.17, 15) is 0 Å². The van der Waals surface area contributed by atoms with E-state index in [1.165, 1.54) is 10.4 Å². The van der Waals surface area contributed by atoms with Gasteiger partial charge in [-0.25, -0.2) is 0 Å². The number of thioether (sulfide) groups is 1. The zero-order valence-corrected chi connectivity index (χ0v) is 19.9. The van der Waals surface area contributed by atoms with Gasteiger partial charge in [0.2, 0.25) is 0 Å². The summed E-state index contributed by atoms with van der Waals surface area (Å²) in [5.74, 6) is 0.481. The van der Waals surface area contributed by atoms with Crippen LogP contribution in [0.1, 0.15) is 34.6 Å². The SMILES string of the molecule is CC1(C)O[C@H]2[C@H](CS[C@@H]2CO[Si](c2ccccc2)(c2ccccc2)C(C)(C)C)O1. The van der Waals surface area contributed by atoms with Crippen molar-refractivity contribution in [3.05, 3.63) is 60.7 Å². The second-order valence-electron chi connectivity index (χ2n) is 9.48. The topological polar surface area (TPSA) is 27.7 Å². The molecular formula is C24H32O3SSi. The van der Waals surface area contributed by atoms with Gasteiger partial charge in [0.15, 0.2) is 5.79 Å². The molecule has 0 aromatic heterocycles. The minimum atomic E-state index is -2.51. The maximum atomic E-state index is 7.11. The maximum absolute atomic E-state index is 7.11. The average molecular weight is 429 g/mol. The van der Waals surface area contributed by atoms with Crippen molar-refractivity contribution in [3.8, 4) is 0 Å². The van der Waals surface area contributed by atoms with E-state index in [0.29, 0.717) is 11.9 Å². The van der Waals surface area contributed by atoms with Crippen LogP contribution in [0.15, 0.2) is 60.7 Å². The lowest BCUT2D eigenvalue weighted by Crippen LogP contribution is -2.67. The maximum Gasteiger partial charge on any atom is 0.261 e. The number of ether oxygens (including phenoxy) is 2. The van der Waals surface area contributed by atoms with Crippen LogP contribution in [-0.2, 0) is 13.9 Å². The molecular weight excluding hydrogens is 396 g/mol. The predicted molar refractivity (Wildman–Crippen MR) is 124 cm³/mol. The number of rotatable bonds is 5. The van der Waals surface area contributed by atoms with Crippen LogP contribution >= 0.6 is 11.8 Å². The Balaban J connectivity index is 1.68. The molecule has 0 bridgehead atoms. The van der Waals surface area contributed by atoms with Crippen molar-refractivity contribution in [2.45, 2.75) is 62.9 Å². The Morgan fingerprint density at radius 3 is 2.03 bits per heavy atom. The highest BCUT2D eigenvalue weighted by molar-refractivity contribution is 8.00. The zero-order chi connectivity index (χ0) is 20.7. The first-order valence-corrected chi connectivity index (χ1v) is 13.4. The van der Waals surface area contributed by atoms with Gasteiger partial charge in [0, 0.05) is 12.4 Å². The average Bonchev–Trinajstić information content (AvgIpc) is 3.18.